The molecule has 0 radical (unpaired) electrons. The van der Waals surface area contributed by atoms with Crippen LogP contribution >= 0.6 is 11.3 Å². The number of hydrogen-bond donors (Lipinski definition) is 1. The summed E-state index contributed by atoms with van der Waals surface area (Å²) in [4.78, 5) is 16.3. The number of carbonyl (C=O) groups is 1. The van der Waals surface area contributed by atoms with E-state index >= 15 is 0 Å². The minimum absolute atomic E-state index is 0.213. The average Bonchev–Trinajstić information content (AvgIpc) is 2.96. The van der Waals surface area contributed by atoms with Crippen molar-refractivity contribution in [1.82, 2.24) is 20.0 Å². The van der Waals surface area contributed by atoms with Gasteiger partial charge < -0.3 is 5.11 Å². The number of thiazole rings is 1. The molecule has 0 fully saturated rings. The van der Waals surface area contributed by atoms with Gasteiger partial charge in [0.2, 0.25) is 0 Å². The summed E-state index contributed by atoms with van der Waals surface area (Å²) in [5.41, 5.74) is 1.59. The third kappa shape index (κ3) is 2.19. The summed E-state index contributed by atoms with van der Waals surface area (Å²) in [5.74, 6) is -0.966. The van der Waals surface area contributed by atoms with Crippen molar-refractivity contribution in [2.45, 2.75) is 13.5 Å². The van der Waals surface area contributed by atoms with Crippen molar-refractivity contribution in [3.05, 3.63) is 39.8 Å². The molecule has 2 aromatic heterocycles. The first-order valence-corrected chi connectivity index (χ1v) is 6.43. The van der Waals surface area contributed by atoms with Gasteiger partial charge in [-0.25, -0.2) is 14.5 Å². The van der Waals surface area contributed by atoms with E-state index in [9.17, 15) is 4.79 Å². The topological polar surface area (TPSA) is 80.9 Å². The molecule has 3 aromatic rings. The molecule has 0 aliphatic heterocycles. The molecule has 0 unspecified atom stereocenters. The maximum Gasteiger partial charge on any atom is 0.335 e. The number of carboxylic acids is 1. The quantitative estimate of drug-likeness (QED) is 0.789. The Kier molecular flexibility index (Phi) is 2.75. The Morgan fingerprint density at radius 1 is 1.47 bits per heavy atom. The highest BCUT2D eigenvalue weighted by Crippen LogP contribution is 2.17. The molecule has 0 atom stereocenters. The Hall–Kier alpha value is -2.28. The number of carboxylic acid groups (broad SMARTS) is 1. The lowest BCUT2D eigenvalue weighted by molar-refractivity contribution is 0.0697. The summed E-state index contributed by atoms with van der Waals surface area (Å²) in [5, 5.41) is 17.9. The van der Waals surface area contributed by atoms with Gasteiger partial charge in [-0.2, -0.15) is 0 Å². The van der Waals surface area contributed by atoms with Crippen LogP contribution in [0.15, 0.2) is 24.4 Å². The van der Waals surface area contributed by atoms with E-state index in [1.165, 1.54) is 6.07 Å². The molecule has 96 valence electrons. The molecule has 1 N–H and O–H groups in total. The Bertz CT molecular complexity index is 762. The van der Waals surface area contributed by atoms with Gasteiger partial charge in [0.1, 0.15) is 10.5 Å². The summed E-state index contributed by atoms with van der Waals surface area (Å²) in [6.07, 6.45) is 1.82. The molecule has 6 nitrogen and oxygen atoms in total. The van der Waals surface area contributed by atoms with Crippen LogP contribution in [0.4, 0.5) is 0 Å². The molecular formula is C12H10N4O2S. The summed E-state index contributed by atoms with van der Waals surface area (Å²) in [6.45, 7) is 2.54. The summed E-state index contributed by atoms with van der Waals surface area (Å²) < 4.78 is 1.72. The van der Waals surface area contributed by atoms with Gasteiger partial charge in [-0.3, -0.25) is 0 Å². The van der Waals surface area contributed by atoms with Crippen LogP contribution in [0.25, 0.3) is 11.0 Å². The number of aromatic nitrogens is 4. The maximum absolute atomic E-state index is 10.9. The van der Waals surface area contributed by atoms with Crippen LogP contribution in [0.1, 0.15) is 20.2 Å². The largest absolute Gasteiger partial charge is 0.478 e. The Labute approximate surface area is 112 Å². The fraction of sp³-hybridized carbons (Fsp3) is 0.167. The molecule has 1 aromatic carbocycles. The zero-order valence-corrected chi connectivity index (χ0v) is 10.9. The van der Waals surface area contributed by atoms with Crippen LogP contribution < -0.4 is 0 Å². The third-order valence-electron chi connectivity index (χ3n) is 2.72. The summed E-state index contributed by atoms with van der Waals surface area (Å²) in [7, 11) is 0. The highest BCUT2D eigenvalue weighted by atomic mass is 32.1. The van der Waals surface area contributed by atoms with Gasteiger partial charge >= 0.3 is 5.97 Å². The molecule has 0 amide bonds. The van der Waals surface area contributed by atoms with E-state index in [1.807, 2.05) is 13.1 Å². The second-order valence-electron chi connectivity index (χ2n) is 4.12. The van der Waals surface area contributed by atoms with E-state index in [4.69, 9.17) is 5.11 Å². The van der Waals surface area contributed by atoms with Crippen LogP contribution in [-0.4, -0.2) is 31.1 Å². The molecule has 0 spiro atoms. The van der Waals surface area contributed by atoms with E-state index in [0.717, 1.165) is 15.4 Å². The van der Waals surface area contributed by atoms with Crippen LogP contribution in [0.2, 0.25) is 0 Å². The smallest absolute Gasteiger partial charge is 0.335 e. The van der Waals surface area contributed by atoms with Crippen molar-refractivity contribution in [2.24, 2.45) is 0 Å². The first-order valence-electron chi connectivity index (χ1n) is 5.61. The highest BCUT2D eigenvalue weighted by molar-refractivity contribution is 7.11. The van der Waals surface area contributed by atoms with Crippen molar-refractivity contribution < 1.29 is 9.90 Å². The zero-order chi connectivity index (χ0) is 13.4. The third-order valence-corrected chi connectivity index (χ3v) is 3.61. The minimum Gasteiger partial charge on any atom is -0.478 e. The molecule has 3 rings (SSSR count). The molecule has 0 aliphatic rings. The van der Waals surface area contributed by atoms with E-state index in [-0.39, 0.29) is 5.56 Å². The molecule has 7 heteroatoms. The van der Waals surface area contributed by atoms with Crippen LogP contribution in [0, 0.1) is 6.92 Å². The van der Waals surface area contributed by atoms with Crippen LogP contribution in [0.5, 0.6) is 0 Å². The molecule has 19 heavy (non-hydrogen) atoms. The predicted molar refractivity (Wildman–Crippen MR) is 70.4 cm³/mol. The van der Waals surface area contributed by atoms with Crippen molar-refractivity contribution in [2.75, 3.05) is 0 Å². The lowest BCUT2D eigenvalue weighted by atomic mass is 10.2. The van der Waals surface area contributed by atoms with E-state index in [2.05, 4.69) is 15.3 Å². The first-order chi connectivity index (χ1) is 9.13. The number of aromatic carboxylic acids is 1. The van der Waals surface area contributed by atoms with Gasteiger partial charge in [0, 0.05) is 11.1 Å². The molecule has 0 aliphatic carbocycles. The lowest BCUT2D eigenvalue weighted by Gasteiger charge is -1.99. The first kappa shape index (κ1) is 11.8. The maximum atomic E-state index is 10.9. The minimum atomic E-state index is -0.966. The van der Waals surface area contributed by atoms with E-state index in [1.54, 1.807) is 28.2 Å². The van der Waals surface area contributed by atoms with Gasteiger partial charge in [-0.1, -0.05) is 5.21 Å². The number of fused-ring (bicyclic) bond motifs is 1. The fourth-order valence-corrected chi connectivity index (χ4v) is 2.59. The molecule has 0 saturated heterocycles. The zero-order valence-electron chi connectivity index (χ0n) is 10.1. The van der Waals surface area contributed by atoms with Crippen LogP contribution in [0.3, 0.4) is 0 Å². The van der Waals surface area contributed by atoms with Gasteiger partial charge in [0.05, 0.1) is 17.6 Å². The second-order valence-corrected chi connectivity index (χ2v) is 5.44. The van der Waals surface area contributed by atoms with Crippen molar-refractivity contribution in [3.63, 3.8) is 0 Å². The summed E-state index contributed by atoms with van der Waals surface area (Å²) >= 11 is 1.61. The molecule has 0 saturated carbocycles. The molecular weight excluding hydrogens is 264 g/mol. The van der Waals surface area contributed by atoms with Crippen molar-refractivity contribution in [1.29, 1.82) is 0 Å². The van der Waals surface area contributed by atoms with Crippen molar-refractivity contribution >= 4 is 28.3 Å². The standard InChI is InChI=1S/C12H10N4O2S/c1-7-5-13-11(19-7)6-16-10-3-2-8(12(17)18)4-9(10)14-15-16/h2-5H,6H2,1H3,(H,17,18). The highest BCUT2D eigenvalue weighted by Gasteiger charge is 2.10. The number of nitrogens with zero attached hydrogens (tertiary/aromatic N) is 4. The van der Waals surface area contributed by atoms with Gasteiger partial charge in [-0.05, 0) is 25.1 Å². The Morgan fingerprint density at radius 2 is 2.32 bits per heavy atom. The normalized spacial score (nSPS) is 11.0. The number of benzene rings is 1. The van der Waals surface area contributed by atoms with Gasteiger partial charge in [0.15, 0.2) is 0 Å². The number of aryl methyl sites for hydroxylation is 1. The van der Waals surface area contributed by atoms with E-state index in [0.29, 0.717) is 12.1 Å². The second kappa shape index (κ2) is 4.43. The SMILES string of the molecule is Cc1cnc(Cn2nnc3cc(C(=O)O)ccc32)s1. The van der Waals surface area contributed by atoms with Gasteiger partial charge in [0.25, 0.3) is 0 Å². The van der Waals surface area contributed by atoms with E-state index < -0.39 is 5.97 Å². The lowest BCUT2D eigenvalue weighted by Crippen LogP contribution is -2.01. The average molecular weight is 274 g/mol. The van der Waals surface area contributed by atoms with Crippen LogP contribution in [-0.2, 0) is 6.54 Å². The Morgan fingerprint density at radius 3 is 3.00 bits per heavy atom. The fourth-order valence-electron chi connectivity index (χ4n) is 1.82. The summed E-state index contributed by atoms with van der Waals surface area (Å²) in [6, 6.07) is 4.80. The monoisotopic (exact) mass is 274 g/mol. The molecule has 0 bridgehead atoms. The van der Waals surface area contributed by atoms with Gasteiger partial charge in [-0.15, -0.1) is 16.4 Å². The molecule has 2 heterocycles. The predicted octanol–water partition coefficient (Wildman–Crippen LogP) is 1.94. The number of hydrogen-bond acceptors (Lipinski definition) is 5. The number of rotatable bonds is 3. The Balaban J connectivity index is 1.99. The van der Waals surface area contributed by atoms with Crippen molar-refractivity contribution in [3.8, 4) is 0 Å².